The van der Waals surface area contributed by atoms with Crippen molar-refractivity contribution in [2.75, 3.05) is 32.8 Å². The Balaban J connectivity index is 0.830. The molecule has 92 heavy (non-hydrogen) atoms. The van der Waals surface area contributed by atoms with Gasteiger partial charge in [0, 0.05) is 88.6 Å². The number of anilines is 5. The summed E-state index contributed by atoms with van der Waals surface area (Å²) in [6.45, 7) is 16.0. The van der Waals surface area contributed by atoms with Gasteiger partial charge >= 0.3 is 0 Å². The standard InChI is InChI=1S/C86H70N2S4/c1-5-55-89-73-45-31-63(32-46-73)85(64-33-47-74(48-34-64)90-56-6-2)81-25-17-15-23-77(81)79-53-43-71(59-83(79)85)87(67-19-11-9-12-20-67)69-39-27-61(28-40-69)62-29-41-70(42-30-62)88(68-21-13-10-14-22-68)72-44-54-80-78-24-16-18-26-82(78)86(84(80)60-72,65-35-49-75(50-36-65)91-57-7-3)66-37-51-76(52-38-66)92-58-8-4/h5-54,59-60,79,83H,1-4,55-58H2. The Bertz CT molecular complexity index is 4400. The Labute approximate surface area is 560 Å². The number of allylic oxidation sites excluding steroid dienone is 3. The third kappa shape index (κ3) is 11.2. The van der Waals surface area contributed by atoms with Crippen LogP contribution < -0.4 is 9.80 Å². The molecule has 3 aliphatic carbocycles. The molecule has 0 amide bonds. The van der Waals surface area contributed by atoms with Crippen LogP contribution in [0.2, 0.25) is 0 Å². The lowest BCUT2D eigenvalue weighted by atomic mass is 9.63. The largest absolute Gasteiger partial charge is 0.311 e. The van der Waals surface area contributed by atoms with Crippen molar-refractivity contribution in [1.29, 1.82) is 0 Å². The zero-order chi connectivity index (χ0) is 62.4. The molecule has 0 aliphatic heterocycles. The van der Waals surface area contributed by atoms with Gasteiger partial charge in [-0.2, -0.15) is 0 Å². The van der Waals surface area contributed by atoms with E-state index in [9.17, 15) is 0 Å². The van der Waals surface area contributed by atoms with E-state index >= 15 is 0 Å². The van der Waals surface area contributed by atoms with Crippen molar-refractivity contribution in [1.82, 2.24) is 0 Å². The summed E-state index contributed by atoms with van der Waals surface area (Å²) in [6, 6.07) is 102. The van der Waals surface area contributed by atoms with Crippen molar-refractivity contribution in [2.45, 2.75) is 36.3 Å². The number of benzene rings is 11. The molecule has 11 aromatic carbocycles. The predicted octanol–water partition coefficient (Wildman–Crippen LogP) is 23.6. The summed E-state index contributed by atoms with van der Waals surface area (Å²) in [7, 11) is 0. The van der Waals surface area contributed by atoms with Crippen LogP contribution in [0.1, 0.15) is 50.4 Å². The molecule has 0 saturated carbocycles. The van der Waals surface area contributed by atoms with Gasteiger partial charge in [-0.1, -0.05) is 200 Å². The van der Waals surface area contributed by atoms with Crippen molar-refractivity contribution in [2.24, 2.45) is 5.92 Å². The maximum atomic E-state index is 4.00. The van der Waals surface area contributed by atoms with Gasteiger partial charge in [0.15, 0.2) is 0 Å². The van der Waals surface area contributed by atoms with Crippen LogP contribution >= 0.6 is 47.0 Å². The summed E-state index contributed by atoms with van der Waals surface area (Å²) < 4.78 is 0. The fourth-order valence-electron chi connectivity index (χ4n) is 14.4. The molecule has 2 atom stereocenters. The van der Waals surface area contributed by atoms with Gasteiger partial charge < -0.3 is 9.80 Å². The number of thioether (sulfide) groups is 4. The minimum atomic E-state index is -0.589. The number of nitrogens with zero attached hydrogens (tertiary/aromatic N) is 2. The summed E-state index contributed by atoms with van der Waals surface area (Å²) in [4.78, 5) is 9.78. The van der Waals surface area contributed by atoms with Crippen LogP contribution in [-0.2, 0) is 10.8 Å². The molecule has 0 heterocycles. The van der Waals surface area contributed by atoms with E-state index in [4.69, 9.17) is 0 Å². The molecular weight excluding hydrogens is 1190 g/mol. The van der Waals surface area contributed by atoms with Crippen molar-refractivity contribution in [3.05, 3.63) is 392 Å². The number of para-hydroxylation sites is 2. The van der Waals surface area contributed by atoms with Gasteiger partial charge in [-0.25, -0.2) is 0 Å². The minimum absolute atomic E-state index is 0.0709. The third-order valence-corrected chi connectivity index (χ3v) is 22.3. The summed E-state index contributed by atoms with van der Waals surface area (Å²) >= 11 is 7.26. The molecule has 448 valence electrons. The number of rotatable bonds is 23. The lowest BCUT2D eigenvalue weighted by Gasteiger charge is -2.40. The van der Waals surface area contributed by atoms with Gasteiger partial charge in [0.1, 0.15) is 0 Å². The van der Waals surface area contributed by atoms with Crippen molar-refractivity contribution >= 4 is 75.5 Å². The molecule has 0 bridgehead atoms. The quantitative estimate of drug-likeness (QED) is 0.0462. The Kier molecular flexibility index (Phi) is 17.7. The van der Waals surface area contributed by atoms with Gasteiger partial charge in [0.25, 0.3) is 0 Å². The summed E-state index contributed by atoms with van der Waals surface area (Å²) in [5.41, 5.74) is 20.6. The molecule has 14 rings (SSSR count). The smallest absolute Gasteiger partial charge is 0.0714 e. The first kappa shape index (κ1) is 60.4. The number of hydrogen-bond donors (Lipinski definition) is 0. The Hall–Kier alpha value is -9.14. The maximum Gasteiger partial charge on any atom is 0.0714 e. The van der Waals surface area contributed by atoms with Crippen molar-refractivity contribution in [3.63, 3.8) is 0 Å². The van der Waals surface area contributed by atoms with E-state index in [-0.39, 0.29) is 11.8 Å². The summed E-state index contributed by atoms with van der Waals surface area (Å²) in [5, 5.41) is 0. The second-order valence-electron chi connectivity index (χ2n) is 23.4. The Morgan fingerprint density at radius 3 is 1.23 bits per heavy atom. The fraction of sp³-hybridized carbons (Fsp3) is 0.0930. The van der Waals surface area contributed by atoms with E-state index in [0.29, 0.717) is 0 Å². The zero-order valence-electron chi connectivity index (χ0n) is 51.4. The SMILES string of the molecule is C=CCSc1ccc(C2(c3ccc(SCC=C)cc3)c3ccccc3-c3ccc(N(c4ccccc4)c4ccc(-c5ccc(N(C6=CC7C(C=C6)c6ccccc6C7(c6ccc(SCC=C)cc6)c6ccc(SCC=C)cc6)c6ccccc6)cc5)cc4)cc32)cc1. The molecule has 11 aromatic rings. The van der Waals surface area contributed by atoms with Crippen LogP contribution in [0.5, 0.6) is 0 Å². The highest BCUT2D eigenvalue weighted by molar-refractivity contribution is 8.00. The molecule has 6 heteroatoms. The van der Waals surface area contributed by atoms with Gasteiger partial charge in [-0.3, -0.25) is 0 Å². The average Bonchev–Trinajstić information content (AvgIpc) is 1.53. The first-order valence-corrected chi connectivity index (χ1v) is 35.4. The molecule has 0 saturated heterocycles. The normalized spacial score (nSPS) is 15.2. The van der Waals surface area contributed by atoms with Crippen LogP contribution in [0, 0.1) is 5.92 Å². The fourth-order valence-corrected chi connectivity index (χ4v) is 17.0. The highest BCUT2D eigenvalue weighted by Crippen LogP contribution is 2.61. The molecular formula is C86H70N2S4. The maximum absolute atomic E-state index is 4.00. The lowest BCUT2D eigenvalue weighted by Crippen LogP contribution is -2.36. The third-order valence-electron chi connectivity index (χ3n) is 18.3. The zero-order valence-corrected chi connectivity index (χ0v) is 54.6. The first-order valence-electron chi connectivity index (χ1n) is 31.5. The molecule has 2 nitrogen and oxygen atoms in total. The van der Waals surface area contributed by atoms with E-state index in [1.54, 1.807) is 0 Å². The van der Waals surface area contributed by atoms with Crippen LogP contribution in [0.15, 0.2) is 367 Å². The molecule has 0 aromatic heterocycles. The van der Waals surface area contributed by atoms with Gasteiger partial charge in [-0.15, -0.1) is 73.4 Å². The number of fused-ring (bicyclic) bond motifs is 6. The second kappa shape index (κ2) is 27.0. The van der Waals surface area contributed by atoms with Crippen LogP contribution in [0.25, 0.3) is 22.3 Å². The Morgan fingerprint density at radius 2 is 0.739 bits per heavy atom. The molecule has 0 N–H and O–H groups in total. The van der Waals surface area contributed by atoms with Gasteiger partial charge in [0.05, 0.1) is 10.8 Å². The highest BCUT2D eigenvalue weighted by atomic mass is 32.2. The lowest BCUT2D eigenvalue weighted by molar-refractivity contribution is 0.453. The van der Waals surface area contributed by atoms with Crippen LogP contribution in [-0.4, -0.2) is 23.0 Å². The first-order chi connectivity index (χ1) is 45.4. The van der Waals surface area contributed by atoms with Gasteiger partial charge in [-0.05, 0) is 182 Å². The van der Waals surface area contributed by atoms with E-state index in [1.807, 2.05) is 71.4 Å². The molecule has 2 unspecified atom stereocenters. The molecule has 3 aliphatic rings. The molecule has 0 radical (unpaired) electrons. The van der Waals surface area contributed by atoms with Crippen molar-refractivity contribution < 1.29 is 0 Å². The van der Waals surface area contributed by atoms with Gasteiger partial charge in [0.2, 0.25) is 0 Å². The topological polar surface area (TPSA) is 6.48 Å². The summed E-state index contributed by atoms with van der Waals surface area (Å²) in [6.07, 6.45) is 15.3. The molecule has 0 spiro atoms. The second-order valence-corrected chi connectivity index (χ2v) is 27.7. The van der Waals surface area contributed by atoms with E-state index in [2.05, 4.69) is 327 Å². The number of hydrogen-bond acceptors (Lipinski definition) is 6. The van der Waals surface area contributed by atoms with E-state index in [0.717, 1.165) is 68.3 Å². The molecule has 0 fully saturated rings. The van der Waals surface area contributed by atoms with E-state index < -0.39 is 10.8 Å². The monoisotopic (exact) mass is 1260 g/mol. The minimum Gasteiger partial charge on any atom is -0.311 e. The van der Waals surface area contributed by atoms with Crippen LogP contribution in [0.3, 0.4) is 0 Å². The predicted molar refractivity (Wildman–Crippen MR) is 399 cm³/mol. The average molecular weight is 1260 g/mol. The Morgan fingerprint density at radius 1 is 0.348 bits per heavy atom. The summed E-state index contributed by atoms with van der Waals surface area (Å²) in [5.74, 6) is 3.68. The van der Waals surface area contributed by atoms with Crippen LogP contribution in [0.4, 0.5) is 28.4 Å². The van der Waals surface area contributed by atoms with Crippen molar-refractivity contribution in [3.8, 4) is 22.3 Å². The van der Waals surface area contributed by atoms with E-state index in [1.165, 1.54) is 75.2 Å². The highest BCUT2D eigenvalue weighted by Gasteiger charge is 2.54.